The summed E-state index contributed by atoms with van der Waals surface area (Å²) in [4.78, 5) is 37.8. The lowest BCUT2D eigenvalue weighted by molar-refractivity contribution is 0.0952. The quantitative estimate of drug-likeness (QED) is 0.673. The standard InChI is InChI=1S/C22H24N4O3/c1-4-12-23-20(27)15-8-7-9-16(13-15)24-21(28)19-17-10-5-6-11-18(17)22(29)26(25-19)14(2)3/h5-11,13-14H,4,12H2,1-3H3,(H,23,27)(H,24,28). The van der Waals surface area contributed by atoms with Crippen molar-refractivity contribution in [1.29, 1.82) is 0 Å². The summed E-state index contributed by atoms with van der Waals surface area (Å²) >= 11 is 0. The third-order valence-electron chi connectivity index (χ3n) is 4.45. The van der Waals surface area contributed by atoms with Crippen LogP contribution in [0.15, 0.2) is 53.3 Å². The summed E-state index contributed by atoms with van der Waals surface area (Å²) in [6.45, 7) is 6.24. The molecule has 7 heteroatoms. The van der Waals surface area contributed by atoms with Gasteiger partial charge < -0.3 is 10.6 Å². The highest BCUT2D eigenvalue weighted by atomic mass is 16.2. The van der Waals surface area contributed by atoms with E-state index in [0.717, 1.165) is 6.42 Å². The summed E-state index contributed by atoms with van der Waals surface area (Å²) in [6.07, 6.45) is 0.840. The van der Waals surface area contributed by atoms with Crippen LogP contribution in [-0.4, -0.2) is 28.1 Å². The number of carbonyl (C=O) groups is 2. The number of amides is 2. The molecule has 2 N–H and O–H groups in total. The SMILES string of the molecule is CCCNC(=O)c1cccc(NC(=O)c2nn(C(C)C)c(=O)c3ccccc23)c1. The van der Waals surface area contributed by atoms with Gasteiger partial charge in [0, 0.05) is 23.2 Å². The number of rotatable bonds is 6. The van der Waals surface area contributed by atoms with Crippen LogP contribution in [-0.2, 0) is 0 Å². The van der Waals surface area contributed by atoms with E-state index in [1.165, 1.54) is 4.68 Å². The highest BCUT2D eigenvalue weighted by Gasteiger charge is 2.18. The smallest absolute Gasteiger partial charge is 0.276 e. The van der Waals surface area contributed by atoms with Crippen molar-refractivity contribution in [1.82, 2.24) is 15.1 Å². The Bertz CT molecular complexity index is 1120. The fourth-order valence-electron chi connectivity index (χ4n) is 2.99. The second-order valence-electron chi connectivity index (χ2n) is 7.03. The van der Waals surface area contributed by atoms with Gasteiger partial charge in [0.15, 0.2) is 5.69 Å². The zero-order valence-corrected chi connectivity index (χ0v) is 16.7. The summed E-state index contributed by atoms with van der Waals surface area (Å²) in [5.74, 6) is -0.637. The number of hydrogen-bond acceptors (Lipinski definition) is 4. The van der Waals surface area contributed by atoms with Crippen molar-refractivity contribution in [3.05, 3.63) is 70.1 Å². The predicted molar refractivity (Wildman–Crippen MR) is 113 cm³/mol. The van der Waals surface area contributed by atoms with E-state index in [0.29, 0.717) is 28.6 Å². The van der Waals surface area contributed by atoms with Crippen molar-refractivity contribution < 1.29 is 9.59 Å². The monoisotopic (exact) mass is 392 g/mol. The molecule has 150 valence electrons. The zero-order chi connectivity index (χ0) is 21.0. The average molecular weight is 392 g/mol. The molecule has 1 aromatic heterocycles. The summed E-state index contributed by atoms with van der Waals surface area (Å²) < 4.78 is 1.31. The molecule has 0 aliphatic heterocycles. The number of benzene rings is 2. The molecule has 0 radical (unpaired) electrons. The van der Waals surface area contributed by atoms with E-state index >= 15 is 0 Å². The van der Waals surface area contributed by atoms with Crippen LogP contribution in [0.3, 0.4) is 0 Å². The van der Waals surface area contributed by atoms with E-state index < -0.39 is 5.91 Å². The molecule has 0 saturated heterocycles. The topological polar surface area (TPSA) is 93.1 Å². The lowest BCUT2D eigenvalue weighted by atomic mass is 10.1. The number of nitrogens with one attached hydrogen (secondary N) is 2. The highest BCUT2D eigenvalue weighted by Crippen LogP contribution is 2.17. The third-order valence-corrected chi connectivity index (χ3v) is 4.45. The van der Waals surface area contributed by atoms with Crippen molar-refractivity contribution in [3.8, 4) is 0 Å². The van der Waals surface area contributed by atoms with Gasteiger partial charge >= 0.3 is 0 Å². The fourth-order valence-corrected chi connectivity index (χ4v) is 2.99. The molecule has 2 aromatic carbocycles. The molecule has 3 aromatic rings. The van der Waals surface area contributed by atoms with Gasteiger partial charge in [-0.2, -0.15) is 5.10 Å². The second kappa shape index (κ2) is 8.68. The van der Waals surface area contributed by atoms with Gasteiger partial charge in [-0.05, 0) is 44.5 Å². The van der Waals surface area contributed by atoms with Gasteiger partial charge in [0.25, 0.3) is 17.4 Å². The average Bonchev–Trinajstić information content (AvgIpc) is 2.72. The van der Waals surface area contributed by atoms with Crippen molar-refractivity contribution in [2.24, 2.45) is 0 Å². The molecule has 0 aliphatic carbocycles. The Morgan fingerprint density at radius 1 is 1.03 bits per heavy atom. The minimum absolute atomic E-state index is 0.162. The number of nitrogens with zero attached hydrogens (tertiary/aromatic N) is 2. The molecule has 3 rings (SSSR count). The van der Waals surface area contributed by atoms with Crippen molar-refractivity contribution in [2.75, 3.05) is 11.9 Å². The van der Waals surface area contributed by atoms with E-state index in [9.17, 15) is 14.4 Å². The first-order valence-electron chi connectivity index (χ1n) is 9.63. The van der Waals surface area contributed by atoms with Gasteiger partial charge in [0.2, 0.25) is 0 Å². The maximum Gasteiger partial charge on any atom is 0.276 e. The fraction of sp³-hybridized carbons (Fsp3) is 0.273. The maximum atomic E-state index is 13.0. The van der Waals surface area contributed by atoms with Crippen LogP contribution in [0.4, 0.5) is 5.69 Å². The van der Waals surface area contributed by atoms with E-state index in [4.69, 9.17) is 0 Å². The van der Waals surface area contributed by atoms with Crippen LogP contribution in [0.2, 0.25) is 0 Å². The van der Waals surface area contributed by atoms with Gasteiger partial charge in [0.1, 0.15) is 0 Å². The van der Waals surface area contributed by atoms with E-state index in [1.807, 2.05) is 20.8 Å². The van der Waals surface area contributed by atoms with E-state index in [1.54, 1.807) is 48.5 Å². The molecule has 1 heterocycles. The molecule has 29 heavy (non-hydrogen) atoms. The molecule has 2 amide bonds. The molecule has 7 nitrogen and oxygen atoms in total. The van der Waals surface area contributed by atoms with Crippen LogP contribution in [0.25, 0.3) is 10.8 Å². The molecule has 0 atom stereocenters. The first-order valence-corrected chi connectivity index (χ1v) is 9.63. The van der Waals surface area contributed by atoms with Crippen molar-refractivity contribution in [2.45, 2.75) is 33.2 Å². The number of anilines is 1. The van der Waals surface area contributed by atoms with Gasteiger partial charge in [-0.1, -0.05) is 31.2 Å². The predicted octanol–water partition coefficient (Wildman–Crippen LogP) is 3.37. The molecular weight excluding hydrogens is 368 g/mol. The largest absolute Gasteiger partial charge is 0.352 e. The summed E-state index contributed by atoms with van der Waals surface area (Å²) in [7, 11) is 0. The molecular formula is C22H24N4O3. The Kier molecular flexibility index (Phi) is 6.07. The molecule has 0 saturated carbocycles. The number of fused-ring (bicyclic) bond motifs is 1. The molecule has 0 bridgehead atoms. The first-order chi connectivity index (χ1) is 13.9. The van der Waals surface area contributed by atoms with Gasteiger partial charge in [-0.25, -0.2) is 4.68 Å². The number of carbonyl (C=O) groups excluding carboxylic acids is 2. The van der Waals surface area contributed by atoms with Gasteiger partial charge in [-0.3, -0.25) is 14.4 Å². The lowest BCUT2D eigenvalue weighted by Gasteiger charge is -2.13. The van der Waals surface area contributed by atoms with Crippen LogP contribution < -0.4 is 16.2 Å². The summed E-state index contributed by atoms with van der Waals surface area (Å²) in [6, 6.07) is 13.4. The molecule has 0 unspecified atom stereocenters. The van der Waals surface area contributed by atoms with Crippen LogP contribution >= 0.6 is 0 Å². The Hall–Kier alpha value is -3.48. The second-order valence-corrected chi connectivity index (χ2v) is 7.03. The van der Waals surface area contributed by atoms with E-state index in [2.05, 4.69) is 15.7 Å². The van der Waals surface area contributed by atoms with Crippen LogP contribution in [0.1, 0.15) is 54.1 Å². The minimum Gasteiger partial charge on any atom is -0.352 e. The first kappa shape index (κ1) is 20.3. The molecule has 0 aliphatic rings. The molecule has 0 spiro atoms. The van der Waals surface area contributed by atoms with Crippen molar-refractivity contribution >= 4 is 28.3 Å². The van der Waals surface area contributed by atoms with Gasteiger partial charge in [-0.15, -0.1) is 0 Å². The number of hydrogen-bond donors (Lipinski definition) is 2. The maximum absolute atomic E-state index is 13.0. The lowest BCUT2D eigenvalue weighted by Crippen LogP contribution is -2.29. The third kappa shape index (κ3) is 4.34. The summed E-state index contributed by atoms with van der Waals surface area (Å²) in [5.41, 5.74) is 0.866. The van der Waals surface area contributed by atoms with Crippen LogP contribution in [0.5, 0.6) is 0 Å². The van der Waals surface area contributed by atoms with Crippen LogP contribution in [0, 0.1) is 0 Å². The highest BCUT2D eigenvalue weighted by molar-refractivity contribution is 6.11. The molecule has 0 fully saturated rings. The Morgan fingerprint density at radius 2 is 1.76 bits per heavy atom. The Balaban J connectivity index is 1.96. The Labute approximate surface area is 168 Å². The normalized spacial score (nSPS) is 10.9. The van der Waals surface area contributed by atoms with Gasteiger partial charge in [0.05, 0.1) is 11.4 Å². The zero-order valence-electron chi connectivity index (χ0n) is 16.7. The number of aromatic nitrogens is 2. The summed E-state index contributed by atoms with van der Waals surface area (Å²) in [5, 5.41) is 10.8. The van der Waals surface area contributed by atoms with Crippen molar-refractivity contribution in [3.63, 3.8) is 0 Å². The minimum atomic E-state index is -0.443. The van der Waals surface area contributed by atoms with E-state index in [-0.39, 0.29) is 23.2 Å². The Morgan fingerprint density at radius 3 is 2.45 bits per heavy atom.